The van der Waals surface area contributed by atoms with Crippen molar-refractivity contribution in [3.63, 3.8) is 0 Å². The Labute approximate surface area is 151 Å². The van der Waals surface area contributed by atoms with Crippen LogP contribution in [0, 0.1) is 0 Å². The highest BCUT2D eigenvalue weighted by Gasteiger charge is 2.26. The maximum Gasteiger partial charge on any atom is 0.338 e. The van der Waals surface area contributed by atoms with E-state index in [4.69, 9.17) is 4.74 Å². The molecule has 0 unspecified atom stereocenters. The lowest BCUT2D eigenvalue weighted by Crippen LogP contribution is -2.39. The van der Waals surface area contributed by atoms with Gasteiger partial charge in [0.1, 0.15) is 0 Å². The Morgan fingerprint density at radius 2 is 2.04 bits per heavy atom. The summed E-state index contributed by atoms with van der Waals surface area (Å²) < 4.78 is 4.95. The van der Waals surface area contributed by atoms with E-state index in [1.807, 2.05) is 0 Å². The fourth-order valence-corrected chi connectivity index (χ4v) is 4.03. The average Bonchev–Trinajstić information content (AvgIpc) is 3.08. The molecule has 6 heteroatoms. The van der Waals surface area contributed by atoms with E-state index in [0.29, 0.717) is 24.4 Å². The fraction of sp³-hybridized carbons (Fsp3) is 0.368. The predicted molar refractivity (Wildman–Crippen MR) is 99.0 cm³/mol. The number of hydrogen-bond donors (Lipinski definition) is 1. The molecule has 3 rings (SSSR count). The number of fused-ring (bicyclic) bond motifs is 1. The minimum absolute atomic E-state index is 0.0468. The van der Waals surface area contributed by atoms with E-state index >= 15 is 0 Å². The molecule has 0 bridgehead atoms. The van der Waals surface area contributed by atoms with Crippen molar-refractivity contribution in [3.8, 4) is 0 Å². The molecule has 0 spiro atoms. The molecule has 1 aliphatic heterocycles. The maximum atomic E-state index is 12.4. The minimum Gasteiger partial charge on any atom is -0.462 e. The molecule has 0 aliphatic carbocycles. The number of thiophene rings is 1. The second-order valence-electron chi connectivity index (χ2n) is 6.04. The molecule has 1 aromatic heterocycles. The van der Waals surface area contributed by atoms with Crippen molar-refractivity contribution in [2.24, 2.45) is 0 Å². The molecular formula is C19H22N2O3S. The first kappa shape index (κ1) is 17.6. The van der Waals surface area contributed by atoms with Crippen LogP contribution in [0.1, 0.15) is 40.7 Å². The molecule has 1 atom stereocenters. The van der Waals surface area contributed by atoms with Crippen molar-refractivity contribution in [2.45, 2.75) is 26.3 Å². The van der Waals surface area contributed by atoms with E-state index < -0.39 is 0 Å². The SMILES string of the molecule is CCOC(=O)c1ccc(NC(=O)CN2CCc3sccc3[C@@H]2C)cc1. The first-order chi connectivity index (χ1) is 12.1. The van der Waals surface area contributed by atoms with Crippen molar-refractivity contribution in [3.05, 3.63) is 51.7 Å². The van der Waals surface area contributed by atoms with Gasteiger partial charge in [0, 0.05) is 23.2 Å². The number of rotatable bonds is 5. The largest absolute Gasteiger partial charge is 0.462 e. The normalized spacial score (nSPS) is 17.0. The summed E-state index contributed by atoms with van der Waals surface area (Å²) in [5, 5.41) is 5.02. The molecule has 0 saturated heterocycles. The first-order valence-corrected chi connectivity index (χ1v) is 9.33. The van der Waals surface area contributed by atoms with Gasteiger partial charge in [-0.2, -0.15) is 0 Å². The Kier molecular flexibility index (Phi) is 5.50. The van der Waals surface area contributed by atoms with Crippen LogP contribution < -0.4 is 5.32 Å². The van der Waals surface area contributed by atoms with Crippen molar-refractivity contribution >= 4 is 28.9 Å². The van der Waals surface area contributed by atoms with Crippen molar-refractivity contribution in [2.75, 3.05) is 25.0 Å². The number of esters is 1. The van der Waals surface area contributed by atoms with E-state index in [1.165, 1.54) is 10.4 Å². The summed E-state index contributed by atoms with van der Waals surface area (Å²) in [7, 11) is 0. The molecule has 1 N–H and O–H groups in total. The van der Waals surface area contributed by atoms with E-state index in [-0.39, 0.29) is 17.9 Å². The van der Waals surface area contributed by atoms with Crippen LogP contribution in [-0.4, -0.2) is 36.5 Å². The molecular weight excluding hydrogens is 336 g/mol. The highest BCUT2D eigenvalue weighted by Crippen LogP contribution is 2.32. The number of nitrogens with zero attached hydrogens (tertiary/aromatic N) is 1. The summed E-state index contributed by atoms with van der Waals surface area (Å²) >= 11 is 1.79. The van der Waals surface area contributed by atoms with Gasteiger partial charge in [0.05, 0.1) is 18.7 Å². The predicted octanol–water partition coefficient (Wildman–Crippen LogP) is 3.48. The highest BCUT2D eigenvalue weighted by molar-refractivity contribution is 7.10. The maximum absolute atomic E-state index is 12.4. The number of hydrogen-bond acceptors (Lipinski definition) is 5. The Morgan fingerprint density at radius 1 is 1.28 bits per heavy atom. The molecule has 0 fully saturated rings. The topological polar surface area (TPSA) is 58.6 Å². The van der Waals surface area contributed by atoms with Crippen LogP contribution in [0.2, 0.25) is 0 Å². The number of ether oxygens (including phenoxy) is 1. The molecule has 25 heavy (non-hydrogen) atoms. The van der Waals surface area contributed by atoms with Gasteiger partial charge in [-0.25, -0.2) is 4.79 Å². The van der Waals surface area contributed by atoms with Crippen LogP contribution in [0.4, 0.5) is 5.69 Å². The summed E-state index contributed by atoms with van der Waals surface area (Å²) in [6.45, 7) is 5.51. The summed E-state index contributed by atoms with van der Waals surface area (Å²) in [5.41, 5.74) is 2.50. The summed E-state index contributed by atoms with van der Waals surface area (Å²) in [6, 6.07) is 9.18. The van der Waals surface area contributed by atoms with E-state index in [2.05, 4.69) is 28.6 Å². The van der Waals surface area contributed by atoms with E-state index in [0.717, 1.165) is 13.0 Å². The number of benzene rings is 1. The zero-order valence-electron chi connectivity index (χ0n) is 14.5. The molecule has 0 saturated carbocycles. The Bertz CT molecular complexity index is 754. The number of anilines is 1. The van der Waals surface area contributed by atoms with Gasteiger partial charge in [-0.15, -0.1) is 11.3 Å². The number of amides is 1. The molecule has 5 nitrogen and oxygen atoms in total. The molecule has 2 aromatic rings. The molecule has 2 heterocycles. The monoisotopic (exact) mass is 358 g/mol. The number of nitrogens with one attached hydrogen (secondary N) is 1. The van der Waals surface area contributed by atoms with Crippen molar-refractivity contribution in [1.29, 1.82) is 0 Å². The summed E-state index contributed by atoms with van der Waals surface area (Å²) in [4.78, 5) is 27.6. The average molecular weight is 358 g/mol. The summed E-state index contributed by atoms with van der Waals surface area (Å²) in [5.74, 6) is -0.400. The highest BCUT2D eigenvalue weighted by atomic mass is 32.1. The van der Waals surface area contributed by atoms with E-state index in [1.54, 1.807) is 42.5 Å². The smallest absolute Gasteiger partial charge is 0.338 e. The van der Waals surface area contributed by atoms with Crippen molar-refractivity contribution in [1.82, 2.24) is 4.90 Å². The number of carbonyl (C=O) groups is 2. The molecule has 1 aromatic carbocycles. The lowest BCUT2D eigenvalue weighted by Gasteiger charge is -2.32. The van der Waals surface area contributed by atoms with Gasteiger partial charge in [-0.3, -0.25) is 9.69 Å². The van der Waals surface area contributed by atoms with Crippen molar-refractivity contribution < 1.29 is 14.3 Å². The molecule has 132 valence electrons. The third kappa shape index (κ3) is 4.08. The minimum atomic E-state index is -0.353. The second-order valence-corrected chi connectivity index (χ2v) is 7.04. The Hall–Kier alpha value is -2.18. The zero-order valence-corrected chi connectivity index (χ0v) is 15.3. The zero-order chi connectivity index (χ0) is 17.8. The van der Waals surface area contributed by atoms with Crippen LogP contribution >= 0.6 is 11.3 Å². The Morgan fingerprint density at radius 3 is 2.76 bits per heavy atom. The molecule has 0 radical (unpaired) electrons. The third-order valence-electron chi connectivity index (χ3n) is 4.43. The number of carbonyl (C=O) groups excluding carboxylic acids is 2. The third-order valence-corrected chi connectivity index (χ3v) is 5.43. The van der Waals surface area contributed by atoms with E-state index in [9.17, 15) is 9.59 Å². The standard InChI is InChI=1S/C19H22N2O3S/c1-3-24-19(23)14-4-6-15(7-5-14)20-18(22)12-21-10-8-17-16(13(21)2)9-11-25-17/h4-7,9,11,13H,3,8,10,12H2,1-2H3,(H,20,22)/t13-/m0/s1. The summed E-state index contributed by atoms with van der Waals surface area (Å²) in [6.07, 6.45) is 0.999. The van der Waals surface area contributed by atoms with Gasteiger partial charge in [0.15, 0.2) is 0 Å². The second kappa shape index (κ2) is 7.80. The quantitative estimate of drug-likeness (QED) is 0.832. The molecule has 1 amide bonds. The van der Waals surface area contributed by atoms with Crippen LogP contribution in [0.25, 0.3) is 0 Å². The van der Waals surface area contributed by atoms with Gasteiger partial charge in [0.25, 0.3) is 0 Å². The Balaban J connectivity index is 1.57. The van der Waals surface area contributed by atoms with Gasteiger partial charge in [-0.05, 0) is 61.5 Å². The van der Waals surface area contributed by atoms with Crippen LogP contribution in [0.3, 0.4) is 0 Å². The fourth-order valence-electron chi connectivity index (χ4n) is 3.07. The van der Waals surface area contributed by atoms with Crippen LogP contribution in [0.5, 0.6) is 0 Å². The van der Waals surface area contributed by atoms with Gasteiger partial charge in [0.2, 0.25) is 5.91 Å². The lowest BCUT2D eigenvalue weighted by atomic mass is 10.0. The van der Waals surface area contributed by atoms with Crippen LogP contribution in [0.15, 0.2) is 35.7 Å². The van der Waals surface area contributed by atoms with Gasteiger partial charge in [-0.1, -0.05) is 0 Å². The lowest BCUT2D eigenvalue weighted by molar-refractivity contribution is -0.117. The van der Waals surface area contributed by atoms with Crippen LogP contribution in [-0.2, 0) is 16.0 Å². The molecule has 1 aliphatic rings. The first-order valence-electron chi connectivity index (χ1n) is 8.46. The van der Waals surface area contributed by atoms with Gasteiger partial charge >= 0.3 is 5.97 Å². The van der Waals surface area contributed by atoms with Gasteiger partial charge < -0.3 is 10.1 Å².